The number of halogens is 4. The van der Waals surface area contributed by atoms with Crippen LogP contribution in [0.25, 0.3) is 0 Å². The van der Waals surface area contributed by atoms with Crippen LogP contribution >= 0.6 is 11.6 Å². The van der Waals surface area contributed by atoms with E-state index in [9.17, 15) is 22.8 Å². The molecule has 175 valence electrons. The Bertz CT molecular complexity index is 1010. The Kier molecular flexibility index (Phi) is 8.22. The summed E-state index contributed by atoms with van der Waals surface area (Å²) in [5.41, 5.74) is 0.319. The molecule has 0 aliphatic carbocycles. The highest BCUT2D eigenvalue weighted by Crippen LogP contribution is 2.22. The molecule has 1 aliphatic heterocycles. The van der Waals surface area contributed by atoms with Crippen LogP contribution in [0.3, 0.4) is 0 Å². The number of piperidine rings is 1. The lowest BCUT2D eigenvalue weighted by Gasteiger charge is -2.38. The molecule has 0 unspecified atom stereocenters. The number of carbonyl (C=O) groups is 2. The molecule has 0 bridgehead atoms. The summed E-state index contributed by atoms with van der Waals surface area (Å²) in [6.07, 6.45) is 0.802. The highest BCUT2D eigenvalue weighted by molar-refractivity contribution is 6.30. The zero-order chi connectivity index (χ0) is 24.0. The average Bonchev–Trinajstić information content (AvgIpc) is 2.74. The Morgan fingerprint density at radius 2 is 2.03 bits per heavy atom. The van der Waals surface area contributed by atoms with Crippen molar-refractivity contribution in [1.29, 1.82) is 0 Å². The number of carbonyl (C=O) groups excluding carboxylic acids is 2. The van der Waals surface area contributed by atoms with Gasteiger partial charge < -0.3 is 25.4 Å². The van der Waals surface area contributed by atoms with E-state index in [1.54, 1.807) is 6.07 Å². The van der Waals surface area contributed by atoms with Gasteiger partial charge in [-0.1, -0.05) is 17.7 Å². The first-order valence-corrected chi connectivity index (χ1v) is 10.7. The number of rotatable bonds is 8. The molecule has 1 fully saturated rings. The van der Waals surface area contributed by atoms with E-state index in [4.69, 9.17) is 16.3 Å². The predicted molar refractivity (Wildman–Crippen MR) is 116 cm³/mol. The average molecular weight is 499 g/mol. The van der Waals surface area contributed by atoms with E-state index in [0.29, 0.717) is 18.5 Å². The summed E-state index contributed by atoms with van der Waals surface area (Å²) in [4.78, 5) is 24.8. The highest BCUT2D eigenvalue weighted by Gasteiger charge is 2.34. The van der Waals surface area contributed by atoms with Crippen LogP contribution in [0.4, 0.5) is 18.9 Å². The number of anilines is 1. The maximum atomic E-state index is 13.4. The van der Waals surface area contributed by atoms with Crippen LogP contribution in [-0.2, 0) is 9.59 Å². The Morgan fingerprint density at radius 3 is 2.70 bits per heavy atom. The third-order valence-electron chi connectivity index (χ3n) is 4.79. The van der Waals surface area contributed by atoms with Crippen molar-refractivity contribution < 1.29 is 32.2 Å². The summed E-state index contributed by atoms with van der Waals surface area (Å²) >= 11 is 5.61. The van der Waals surface area contributed by atoms with Crippen LogP contribution in [0, 0.1) is 5.82 Å². The van der Waals surface area contributed by atoms with Crippen molar-refractivity contribution in [3.05, 3.63) is 53.3 Å². The first-order chi connectivity index (χ1) is 15.6. The van der Waals surface area contributed by atoms with Crippen LogP contribution in [0.5, 0.6) is 11.5 Å². The lowest BCUT2D eigenvalue weighted by atomic mass is 9.99. The van der Waals surface area contributed by atoms with E-state index in [2.05, 4.69) is 30.9 Å². The molecule has 1 heterocycles. The third-order valence-corrected chi connectivity index (χ3v) is 5.65. The van der Waals surface area contributed by atoms with Crippen LogP contribution in [-0.4, -0.2) is 53.0 Å². The monoisotopic (exact) mass is 498 g/mol. The fourth-order valence-corrected chi connectivity index (χ4v) is 3.71. The smallest absolute Gasteiger partial charge is 0.387 e. The Hall–Kier alpha value is -2.76. The van der Waals surface area contributed by atoms with Crippen LogP contribution < -0.4 is 25.4 Å². The summed E-state index contributed by atoms with van der Waals surface area (Å²) in [6, 6.07) is 9.00. The molecule has 33 heavy (non-hydrogen) atoms. The van der Waals surface area contributed by atoms with Gasteiger partial charge in [0, 0.05) is 29.5 Å². The van der Waals surface area contributed by atoms with Gasteiger partial charge in [-0.15, -0.1) is 0 Å². The van der Waals surface area contributed by atoms with Gasteiger partial charge in [-0.25, -0.2) is 4.39 Å². The molecular weight excluding hydrogens is 479 g/mol. The Morgan fingerprint density at radius 1 is 1.24 bits per heavy atom. The fraction of sp³-hybridized carbons (Fsp3) is 0.333. The van der Waals surface area contributed by atoms with Gasteiger partial charge in [0.25, 0.3) is 5.91 Å². The van der Waals surface area contributed by atoms with Crippen molar-refractivity contribution in [3.8, 4) is 11.5 Å². The molecule has 3 rings (SSSR count). The van der Waals surface area contributed by atoms with Crippen molar-refractivity contribution in [2.24, 2.45) is 0 Å². The summed E-state index contributed by atoms with van der Waals surface area (Å²) in [5.74, 6) is -1.35. The van der Waals surface area contributed by atoms with Crippen LogP contribution in [0.15, 0.2) is 42.5 Å². The first kappa shape index (κ1) is 24.9. The largest absolute Gasteiger partial charge is 0.484 e. The topological polar surface area (TPSA) is 88.7 Å². The van der Waals surface area contributed by atoms with Crippen molar-refractivity contribution in [2.75, 3.05) is 18.5 Å². The number of hydrogen-bond acceptors (Lipinski definition) is 5. The summed E-state index contributed by atoms with van der Waals surface area (Å²) in [7, 11) is 3.53. The van der Waals surface area contributed by atoms with Gasteiger partial charge >= 0.3 is 6.61 Å². The standard InChI is InChI=1S/C21H20ClF3N3O4Si/c22-15-5-4-13(9-16(15)23)31-10-18(29)28-21(33)7-6-17(26-11-21)19(30)27-12-2-1-3-14(8-12)32-20(24)25/h1-5,8-9,17,20,26H,6-7,10-11H2,(H,27,30)(H,28,29)/t17-,21+/m1/s1. The number of nitrogens with one attached hydrogen (secondary N) is 3. The van der Waals surface area contributed by atoms with E-state index < -0.39 is 29.5 Å². The maximum Gasteiger partial charge on any atom is 0.387 e. The molecule has 2 atom stereocenters. The van der Waals surface area contributed by atoms with Crippen LogP contribution in [0.2, 0.25) is 5.02 Å². The molecule has 0 spiro atoms. The van der Waals surface area contributed by atoms with Crippen LogP contribution in [0.1, 0.15) is 12.8 Å². The van der Waals surface area contributed by atoms with E-state index in [-0.39, 0.29) is 35.6 Å². The number of amides is 2. The van der Waals surface area contributed by atoms with Gasteiger partial charge in [0.05, 0.1) is 21.3 Å². The zero-order valence-corrected chi connectivity index (χ0v) is 18.9. The van der Waals surface area contributed by atoms with Gasteiger partial charge in [0.2, 0.25) is 5.91 Å². The Balaban J connectivity index is 1.46. The lowest BCUT2D eigenvalue weighted by molar-refractivity contribution is -0.124. The molecule has 2 amide bonds. The molecule has 1 saturated heterocycles. The number of hydrogen-bond donors (Lipinski definition) is 3. The predicted octanol–water partition coefficient (Wildman–Crippen LogP) is 2.83. The molecule has 12 heteroatoms. The minimum Gasteiger partial charge on any atom is -0.484 e. The molecule has 1 aliphatic rings. The van der Waals surface area contributed by atoms with Gasteiger partial charge in [-0.05, 0) is 37.1 Å². The first-order valence-electron chi connectivity index (χ1n) is 9.86. The summed E-state index contributed by atoms with van der Waals surface area (Å²) in [5, 5.41) is 7.60. The zero-order valence-electron chi connectivity index (χ0n) is 17.2. The minimum absolute atomic E-state index is 0.0491. The molecule has 3 N–H and O–H groups in total. The Labute approximate surface area is 196 Å². The molecule has 7 nitrogen and oxygen atoms in total. The van der Waals surface area contributed by atoms with Gasteiger partial charge in [-0.3, -0.25) is 9.59 Å². The lowest BCUT2D eigenvalue weighted by Crippen LogP contribution is -2.62. The number of alkyl halides is 2. The SMILES string of the molecule is O=C(COc1ccc(Cl)c(F)c1)N[C@]1([Si])CC[C@H](C(=O)Nc2cccc(OC(F)F)c2)NC1. The van der Waals surface area contributed by atoms with Gasteiger partial charge in [0.1, 0.15) is 17.3 Å². The van der Waals surface area contributed by atoms with Gasteiger partial charge in [0.15, 0.2) is 6.61 Å². The molecular formula is C21H20ClF3N3O4Si. The second-order valence-corrected chi connectivity index (χ2v) is 8.73. The van der Waals surface area contributed by atoms with E-state index >= 15 is 0 Å². The van der Waals surface area contributed by atoms with Gasteiger partial charge in [-0.2, -0.15) is 8.78 Å². The second-order valence-electron chi connectivity index (χ2n) is 7.36. The third kappa shape index (κ3) is 7.37. The molecule has 2 aromatic carbocycles. The number of ether oxygens (including phenoxy) is 2. The minimum atomic E-state index is -2.96. The maximum absolute atomic E-state index is 13.4. The fourth-order valence-electron chi connectivity index (χ4n) is 3.21. The highest BCUT2D eigenvalue weighted by atomic mass is 35.5. The van der Waals surface area contributed by atoms with Crippen molar-refractivity contribution >= 4 is 39.3 Å². The normalized spacial score (nSPS) is 20.2. The number of benzene rings is 2. The summed E-state index contributed by atoms with van der Waals surface area (Å²) < 4.78 is 47.8. The molecule has 2 aromatic rings. The van der Waals surface area contributed by atoms with E-state index in [1.807, 2.05) is 0 Å². The summed E-state index contributed by atoms with van der Waals surface area (Å²) in [6.45, 7) is -3.07. The quantitative estimate of drug-likeness (QED) is 0.487. The molecule has 0 aromatic heterocycles. The van der Waals surface area contributed by atoms with Crippen molar-refractivity contribution in [3.63, 3.8) is 0 Å². The molecule has 0 saturated carbocycles. The van der Waals surface area contributed by atoms with Crippen molar-refractivity contribution in [1.82, 2.24) is 10.6 Å². The second kappa shape index (κ2) is 10.9. The molecule has 3 radical (unpaired) electrons. The van der Waals surface area contributed by atoms with E-state index in [0.717, 1.165) is 6.07 Å². The van der Waals surface area contributed by atoms with Crippen molar-refractivity contribution in [2.45, 2.75) is 30.7 Å². The van der Waals surface area contributed by atoms with E-state index in [1.165, 1.54) is 30.3 Å².